The fourth-order valence-electron chi connectivity index (χ4n) is 2.80. The van der Waals surface area contributed by atoms with Gasteiger partial charge in [-0.1, -0.05) is 30.7 Å². The molecule has 0 spiro atoms. The van der Waals surface area contributed by atoms with E-state index in [0.29, 0.717) is 11.0 Å². The van der Waals surface area contributed by atoms with Gasteiger partial charge >= 0.3 is 0 Å². The summed E-state index contributed by atoms with van der Waals surface area (Å²) in [5.74, 6) is 0. The Morgan fingerprint density at radius 3 is 2.80 bits per heavy atom. The molecule has 1 aliphatic heterocycles. The van der Waals surface area contributed by atoms with Crippen LogP contribution in [0.4, 0.5) is 5.69 Å². The second kappa shape index (κ2) is 6.74. The lowest BCUT2D eigenvalue weighted by Crippen LogP contribution is -2.40. The summed E-state index contributed by atoms with van der Waals surface area (Å²) in [5, 5.41) is 0.735. The van der Waals surface area contributed by atoms with E-state index >= 15 is 0 Å². The SMILES string of the molecule is CCC1CN(C)CCCN1c1ccc(C(N)=S)cc1Cl. The maximum atomic E-state index is 6.45. The van der Waals surface area contributed by atoms with Crippen LogP contribution in [0.5, 0.6) is 0 Å². The molecule has 1 atom stereocenters. The molecule has 3 nitrogen and oxygen atoms in total. The first kappa shape index (κ1) is 15.5. The average molecular weight is 312 g/mol. The first-order chi connectivity index (χ1) is 9.52. The molecule has 2 N–H and O–H groups in total. The molecule has 1 aliphatic rings. The van der Waals surface area contributed by atoms with Gasteiger partial charge in [-0.3, -0.25) is 0 Å². The Morgan fingerprint density at radius 1 is 1.45 bits per heavy atom. The zero-order valence-corrected chi connectivity index (χ0v) is 13.7. The van der Waals surface area contributed by atoms with Gasteiger partial charge in [-0.05, 0) is 44.6 Å². The summed E-state index contributed by atoms with van der Waals surface area (Å²) in [6.45, 7) is 5.47. The predicted molar refractivity (Wildman–Crippen MR) is 90.9 cm³/mol. The number of benzene rings is 1. The van der Waals surface area contributed by atoms with E-state index in [4.69, 9.17) is 29.6 Å². The third-order valence-electron chi connectivity index (χ3n) is 3.91. The van der Waals surface area contributed by atoms with Gasteiger partial charge in [0.2, 0.25) is 0 Å². The largest absolute Gasteiger partial charge is 0.389 e. The number of likely N-dealkylation sites (N-methyl/N-ethyl adjacent to an activating group) is 1. The Morgan fingerprint density at radius 2 is 2.20 bits per heavy atom. The van der Waals surface area contributed by atoms with Crippen molar-refractivity contribution in [2.75, 3.05) is 31.6 Å². The Labute approximate surface area is 131 Å². The fraction of sp³-hybridized carbons (Fsp3) is 0.533. The molecule has 1 aromatic carbocycles. The highest BCUT2D eigenvalue weighted by Crippen LogP contribution is 2.30. The Balaban J connectivity index is 2.30. The van der Waals surface area contributed by atoms with Crippen LogP contribution in [0.3, 0.4) is 0 Å². The van der Waals surface area contributed by atoms with E-state index in [1.165, 1.54) is 0 Å². The maximum Gasteiger partial charge on any atom is 0.104 e. The molecule has 0 aliphatic carbocycles. The molecule has 0 saturated carbocycles. The summed E-state index contributed by atoms with van der Waals surface area (Å²) >= 11 is 11.5. The number of thiocarbonyl (C=S) groups is 1. The summed E-state index contributed by atoms with van der Waals surface area (Å²) in [7, 11) is 2.18. The Bertz CT molecular complexity index is 492. The third-order valence-corrected chi connectivity index (χ3v) is 4.45. The molecule has 110 valence electrons. The normalized spacial score (nSPS) is 20.8. The fourth-order valence-corrected chi connectivity index (χ4v) is 3.22. The lowest BCUT2D eigenvalue weighted by molar-refractivity contribution is 0.328. The topological polar surface area (TPSA) is 32.5 Å². The highest BCUT2D eigenvalue weighted by molar-refractivity contribution is 7.80. The van der Waals surface area contributed by atoms with E-state index in [1.807, 2.05) is 18.2 Å². The standard InChI is InChI=1S/C15H22ClN3S/c1-3-12-10-18(2)7-4-8-19(12)14-6-5-11(15(17)20)9-13(14)16/h5-6,9,12H,3-4,7-8,10H2,1-2H3,(H2,17,20). The van der Waals surface area contributed by atoms with Gasteiger partial charge in [0, 0.05) is 24.7 Å². The lowest BCUT2D eigenvalue weighted by Gasteiger charge is -2.33. The second-order valence-corrected chi connectivity index (χ2v) is 6.25. The van der Waals surface area contributed by atoms with E-state index in [-0.39, 0.29) is 0 Å². The molecule has 0 amide bonds. The molecular weight excluding hydrogens is 290 g/mol. The van der Waals surface area contributed by atoms with Gasteiger partial charge in [-0.25, -0.2) is 0 Å². The monoisotopic (exact) mass is 311 g/mol. The summed E-state index contributed by atoms with van der Waals surface area (Å²) in [6, 6.07) is 6.38. The number of anilines is 1. The average Bonchev–Trinajstić information content (AvgIpc) is 2.60. The van der Waals surface area contributed by atoms with Crippen LogP contribution in [0.1, 0.15) is 25.3 Å². The molecule has 1 fully saturated rings. The lowest BCUT2D eigenvalue weighted by atomic mass is 10.1. The van der Waals surface area contributed by atoms with Crippen molar-refractivity contribution in [1.82, 2.24) is 4.90 Å². The number of halogens is 1. The first-order valence-electron chi connectivity index (χ1n) is 7.07. The molecule has 2 rings (SSSR count). The minimum Gasteiger partial charge on any atom is -0.389 e. The van der Waals surface area contributed by atoms with E-state index in [0.717, 1.165) is 48.7 Å². The van der Waals surface area contributed by atoms with Crippen LogP contribution in [-0.4, -0.2) is 42.6 Å². The molecule has 1 unspecified atom stereocenters. The van der Waals surface area contributed by atoms with Crippen molar-refractivity contribution < 1.29 is 0 Å². The highest BCUT2D eigenvalue weighted by atomic mass is 35.5. The number of nitrogens with two attached hydrogens (primary N) is 1. The number of hydrogen-bond donors (Lipinski definition) is 1. The van der Waals surface area contributed by atoms with Crippen molar-refractivity contribution >= 4 is 34.5 Å². The smallest absolute Gasteiger partial charge is 0.104 e. The van der Waals surface area contributed by atoms with Crippen molar-refractivity contribution in [2.45, 2.75) is 25.8 Å². The van der Waals surface area contributed by atoms with Crippen LogP contribution in [-0.2, 0) is 0 Å². The summed E-state index contributed by atoms with van der Waals surface area (Å²) in [5.41, 5.74) is 7.58. The minimum atomic E-state index is 0.390. The Hall–Kier alpha value is -0.840. The molecular formula is C15H22ClN3S. The summed E-state index contributed by atoms with van der Waals surface area (Å²) in [6.07, 6.45) is 2.26. The van der Waals surface area contributed by atoms with Crippen LogP contribution in [0.15, 0.2) is 18.2 Å². The van der Waals surface area contributed by atoms with Crippen molar-refractivity contribution in [1.29, 1.82) is 0 Å². The van der Waals surface area contributed by atoms with Crippen LogP contribution in [0, 0.1) is 0 Å². The van der Waals surface area contributed by atoms with Gasteiger partial charge in [-0.15, -0.1) is 0 Å². The number of nitrogens with zero attached hydrogens (tertiary/aromatic N) is 2. The van der Waals surface area contributed by atoms with Gasteiger partial charge in [0.25, 0.3) is 0 Å². The Kier molecular flexibility index (Phi) is 5.24. The quantitative estimate of drug-likeness (QED) is 0.870. The molecule has 0 bridgehead atoms. The van der Waals surface area contributed by atoms with Crippen molar-refractivity contribution in [3.8, 4) is 0 Å². The van der Waals surface area contributed by atoms with Gasteiger partial charge in [0.1, 0.15) is 4.99 Å². The van der Waals surface area contributed by atoms with Gasteiger partial charge < -0.3 is 15.5 Å². The molecule has 5 heteroatoms. The molecule has 1 aromatic rings. The van der Waals surface area contributed by atoms with Crippen LogP contribution in [0.2, 0.25) is 5.02 Å². The number of rotatable bonds is 3. The zero-order valence-electron chi connectivity index (χ0n) is 12.1. The van der Waals surface area contributed by atoms with Crippen LogP contribution >= 0.6 is 23.8 Å². The molecule has 1 saturated heterocycles. The minimum absolute atomic E-state index is 0.390. The summed E-state index contributed by atoms with van der Waals surface area (Å²) < 4.78 is 0. The van der Waals surface area contributed by atoms with Crippen LogP contribution < -0.4 is 10.6 Å². The number of hydrogen-bond acceptors (Lipinski definition) is 3. The zero-order chi connectivity index (χ0) is 14.7. The van der Waals surface area contributed by atoms with Crippen molar-refractivity contribution in [3.05, 3.63) is 28.8 Å². The molecule has 20 heavy (non-hydrogen) atoms. The maximum absolute atomic E-state index is 6.45. The van der Waals surface area contributed by atoms with Gasteiger partial charge in [0.05, 0.1) is 10.7 Å². The third kappa shape index (κ3) is 3.43. The van der Waals surface area contributed by atoms with Crippen molar-refractivity contribution in [3.63, 3.8) is 0 Å². The molecule has 0 radical (unpaired) electrons. The van der Waals surface area contributed by atoms with Gasteiger partial charge in [-0.2, -0.15) is 0 Å². The van der Waals surface area contributed by atoms with E-state index < -0.39 is 0 Å². The predicted octanol–water partition coefficient (Wildman–Crippen LogP) is 2.89. The summed E-state index contributed by atoms with van der Waals surface area (Å²) in [4.78, 5) is 5.21. The van der Waals surface area contributed by atoms with E-state index in [1.54, 1.807) is 0 Å². The second-order valence-electron chi connectivity index (χ2n) is 5.40. The first-order valence-corrected chi connectivity index (χ1v) is 7.86. The van der Waals surface area contributed by atoms with E-state index in [9.17, 15) is 0 Å². The van der Waals surface area contributed by atoms with Crippen LogP contribution in [0.25, 0.3) is 0 Å². The molecule has 1 heterocycles. The molecule has 0 aromatic heterocycles. The van der Waals surface area contributed by atoms with E-state index in [2.05, 4.69) is 23.8 Å². The van der Waals surface area contributed by atoms with Crippen molar-refractivity contribution in [2.24, 2.45) is 5.73 Å². The van der Waals surface area contributed by atoms with Gasteiger partial charge in [0.15, 0.2) is 0 Å². The highest BCUT2D eigenvalue weighted by Gasteiger charge is 2.23.